The van der Waals surface area contributed by atoms with E-state index in [-0.39, 0.29) is 11.7 Å². The molecule has 0 aromatic heterocycles. The van der Waals surface area contributed by atoms with Crippen molar-refractivity contribution in [3.05, 3.63) is 65.7 Å². The summed E-state index contributed by atoms with van der Waals surface area (Å²) >= 11 is 0. The molecule has 3 atom stereocenters. The maximum atomic E-state index is 13.5. The third-order valence-corrected chi connectivity index (χ3v) is 6.23. The van der Waals surface area contributed by atoms with Crippen molar-refractivity contribution in [2.45, 2.75) is 70.6 Å². The monoisotopic (exact) mass is 448 g/mol. The van der Waals surface area contributed by atoms with E-state index in [1.54, 1.807) is 6.92 Å². The Bertz CT molecular complexity index is 973. The summed E-state index contributed by atoms with van der Waals surface area (Å²) in [5.41, 5.74) is 10.1. The summed E-state index contributed by atoms with van der Waals surface area (Å²) in [7, 11) is 1.88. The van der Waals surface area contributed by atoms with Gasteiger partial charge < -0.3 is 16.0 Å². The zero-order valence-electron chi connectivity index (χ0n) is 20.0. The molecule has 2 unspecified atom stereocenters. The predicted molar refractivity (Wildman–Crippen MR) is 135 cm³/mol. The van der Waals surface area contributed by atoms with Crippen LogP contribution in [0.15, 0.2) is 59.6 Å². The molecule has 1 amide bonds. The van der Waals surface area contributed by atoms with Crippen LogP contribution in [-0.2, 0) is 9.59 Å². The van der Waals surface area contributed by atoms with Crippen molar-refractivity contribution in [2.24, 2.45) is 10.7 Å². The molecule has 0 bridgehead atoms. The number of para-hydroxylation sites is 1. The molecule has 0 saturated carbocycles. The number of hydrogen-bond acceptors (Lipinski definition) is 5. The van der Waals surface area contributed by atoms with Gasteiger partial charge in [-0.3, -0.25) is 14.6 Å². The van der Waals surface area contributed by atoms with Crippen LogP contribution in [0.2, 0.25) is 0 Å². The maximum Gasteiger partial charge on any atom is 0.220 e. The molecule has 2 aromatic rings. The van der Waals surface area contributed by atoms with E-state index >= 15 is 0 Å². The van der Waals surface area contributed by atoms with E-state index in [1.807, 2.05) is 66.5 Å². The van der Waals surface area contributed by atoms with Gasteiger partial charge in [-0.2, -0.15) is 0 Å². The molecule has 0 fully saturated rings. The van der Waals surface area contributed by atoms with E-state index in [9.17, 15) is 9.59 Å². The Labute approximate surface area is 197 Å². The average molecular weight is 449 g/mol. The van der Waals surface area contributed by atoms with Gasteiger partial charge in [0.25, 0.3) is 0 Å². The largest absolute Gasteiger partial charge is 0.356 e. The molecule has 3 rings (SSSR count). The Hall–Kier alpha value is -2.99. The van der Waals surface area contributed by atoms with Crippen molar-refractivity contribution in [3.8, 4) is 0 Å². The number of nitrogens with one attached hydrogen (secondary N) is 1. The number of benzene rings is 2. The van der Waals surface area contributed by atoms with Gasteiger partial charge >= 0.3 is 0 Å². The second-order valence-electron chi connectivity index (χ2n) is 8.76. The van der Waals surface area contributed by atoms with Crippen molar-refractivity contribution < 1.29 is 9.59 Å². The topological polar surface area (TPSA) is 87.8 Å². The van der Waals surface area contributed by atoms with Gasteiger partial charge in [-0.05, 0) is 19.4 Å². The molecule has 0 spiro atoms. The third kappa shape index (κ3) is 6.08. The molecule has 2 aromatic carbocycles. The van der Waals surface area contributed by atoms with E-state index < -0.39 is 18.2 Å². The van der Waals surface area contributed by atoms with Crippen LogP contribution in [0.1, 0.15) is 63.5 Å². The Morgan fingerprint density at radius 1 is 1.03 bits per heavy atom. The number of nitrogens with zero attached hydrogens (tertiary/aromatic N) is 2. The van der Waals surface area contributed by atoms with E-state index in [0.717, 1.165) is 41.8 Å². The fraction of sp³-hybridized carbons (Fsp3) is 0.444. The zero-order valence-corrected chi connectivity index (χ0v) is 20.0. The standard InChI is InChI=1S/C27H36N4O2/c1-4-5-6-7-11-18-23(32)29-19(2)26(33)25-27(28)31(3)22-17-13-12-16-21(22)24(30-25)20-14-9-8-10-15-20/h8-10,12-17,19,25,27H,4-7,11,18,28H2,1-3H3,(H,29,32)/t19?,25?,27-/m0/s1. The number of likely N-dealkylation sites (N-methyl/N-ethyl adjacent to an activating group) is 1. The van der Waals surface area contributed by atoms with Gasteiger partial charge in [0.05, 0.1) is 11.8 Å². The Balaban J connectivity index is 1.81. The molecule has 1 aliphatic heterocycles. The van der Waals surface area contributed by atoms with Gasteiger partial charge in [0.15, 0.2) is 5.78 Å². The van der Waals surface area contributed by atoms with Gasteiger partial charge in [-0.25, -0.2) is 0 Å². The van der Waals surface area contributed by atoms with Crippen LogP contribution < -0.4 is 16.0 Å². The first-order valence-corrected chi connectivity index (χ1v) is 12.0. The number of Topliss-reactive ketones (excluding diaryl/α,β-unsaturated/α-hetero) is 1. The van der Waals surface area contributed by atoms with Crippen LogP contribution in [0.3, 0.4) is 0 Å². The lowest BCUT2D eigenvalue weighted by molar-refractivity contribution is -0.128. The van der Waals surface area contributed by atoms with E-state index in [4.69, 9.17) is 10.7 Å². The molecule has 1 aliphatic rings. The van der Waals surface area contributed by atoms with Crippen molar-refractivity contribution in [1.82, 2.24) is 5.32 Å². The number of ketones is 1. The highest BCUT2D eigenvalue weighted by molar-refractivity contribution is 6.17. The lowest BCUT2D eigenvalue weighted by Gasteiger charge is -2.30. The lowest BCUT2D eigenvalue weighted by atomic mass is 10.00. The number of fused-ring (bicyclic) bond motifs is 1. The first kappa shape index (κ1) is 24.6. The summed E-state index contributed by atoms with van der Waals surface area (Å²) in [4.78, 5) is 32.7. The SMILES string of the molecule is CCCCCCCC(=O)NC(C)C(=O)C1N=C(c2ccccc2)c2ccccc2N(C)[C@@H]1N. The molecule has 33 heavy (non-hydrogen) atoms. The van der Waals surface area contributed by atoms with Crippen LogP contribution in [-0.4, -0.2) is 42.7 Å². The number of benzodiazepines with no additional fused rings is 1. The fourth-order valence-electron chi connectivity index (χ4n) is 4.23. The van der Waals surface area contributed by atoms with Crippen LogP contribution in [0.5, 0.6) is 0 Å². The summed E-state index contributed by atoms with van der Waals surface area (Å²) in [6, 6.07) is 16.3. The zero-order chi connectivity index (χ0) is 23.8. The van der Waals surface area contributed by atoms with E-state index in [1.165, 1.54) is 12.8 Å². The highest BCUT2D eigenvalue weighted by atomic mass is 16.2. The van der Waals surface area contributed by atoms with Crippen molar-refractivity contribution >= 4 is 23.1 Å². The fourth-order valence-corrected chi connectivity index (χ4v) is 4.23. The van der Waals surface area contributed by atoms with Gasteiger partial charge in [0, 0.05) is 30.3 Å². The number of nitrogens with two attached hydrogens (primary N) is 1. The average Bonchev–Trinajstić information content (AvgIpc) is 2.94. The molecular formula is C27H36N4O2. The molecule has 1 heterocycles. The number of anilines is 1. The molecule has 0 aliphatic carbocycles. The molecular weight excluding hydrogens is 412 g/mol. The Kier molecular flexibility index (Phi) is 8.78. The van der Waals surface area contributed by atoms with Crippen LogP contribution >= 0.6 is 0 Å². The molecule has 0 radical (unpaired) electrons. The van der Waals surface area contributed by atoms with E-state index in [2.05, 4.69) is 12.2 Å². The number of rotatable bonds is 10. The quantitative estimate of drug-likeness (QED) is 0.537. The van der Waals surface area contributed by atoms with Crippen LogP contribution in [0.25, 0.3) is 0 Å². The number of carbonyl (C=O) groups is 2. The Morgan fingerprint density at radius 2 is 1.70 bits per heavy atom. The summed E-state index contributed by atoms with van der Waals surface area (Å²) in [6.45, 7) is 3.89. The number of amides is 1. The van der Waals surface area contributed by atoms with Gasteiger partial charge in [0.2, 0.25) is 5.91 Å². The van der Waals surface area contributed by atoms with Crippen molar-refractivity contribution in [3.63, 3.8) is 0 Å². The maximum absolute atomic E-state index is 13.5. The van der Waals surface area contributed by atoms with Crippen molar-refractivity contribution in [2.75, 3.05) is 11.9 Å². The summed E-state index contributed by atoms with van der Waals surface area (Å²) in [5.74, 6) is -0.284. The molecule has 176 valence electrons. The summed E-state index contributed by atoms with van der Waals surface area (Å²) < 4.78 is 0. The molecule has 6 nitrogen and oxygen atoms in total. The minimum absolute atomic E-state index is 0.0987. The Morgan fingerprint density at radius 3 is 2.42 bits per heavy atom. The normalized spacial score (nSPS) is 18.7. The van der Waals surface area contributed by atoms with Crippen molar-refractivity contribution in [1.29, 1.82) is 0 Å². The lowest BCUT2D eigenvalue weighted by Crippen LogP contribution is -2.54. The van der Waals surface area contributed by atoms with Crippen LogP contribution in [0, 0.1) is 0 Å². The molecule has 0 saturated heterocycles. The van der Waals surface area contributed by atoms with Crippen LogP contribution in [0.4, 0.5) is 5.69 Å². The van der Waals surface area contributed by atoms with E-state index in [0.29, 0.717) is 6.42 Å². The number of carbonyl (C=O) groups excluding carboxylic acids is 2. The minimum atomic E-state index is -0.808. The van der Waals surface area contributed by atoms with Gasteiger partial charge in [0.1, 0.15) is 12.2 Å². The molecule has 3 N–H and O–H groups in total. The minimum Gasteiger partial charge on any atom is -0.356 e. The van der Waals surface area contributed by atoms with Gasteiger partial charge in [-0.15, -0.1) is 0 Å². The van der Waals surface area contributed by atoms with Gasteiger partial charge in [-0.1, -0.05) is 81.1 Å². The smallest absolute Gasteiger partial charge is 0.220 e. The highest BCUT2D eigenvalue weighted by Crippen LogP contribution is 2.29. The first-order chi connectivity index (χ1) is 15.9. The number of aliphatic imine (C=N–C) groups is 1. The molecule has 6 heteroatoms. The third-order valence-electron chi connectivity index (χ3n) is 6.23. The second-order valence-corrected chi connectivity index (χ2v) is 8.76. The first-order valence-electron chi connectivity index (χ1n) is 12.0. The summed E-state index contributed by atoms with van der Waals surface area (Å²) in [5, 5.41) is 2.87. The predicted octanol–water partition coefficient (Wildman–Crippen LogP) is 4.06. The summed E-state index contributed by atoms with van der Waals surface area (Å²) in [6.07, 6.45) is 5.15. The highest BCUT2D eigenvalue weighted by Gasteiger charge is 2.36. The number of unbranched alkanes of at least 4 members (excludes halogenated alkanes) is 4. The number of hydrogen-bond donors (Lipinski definition) is 2. The second kappa shape index (κ2) is 11.8.